The molecule has 0 bridgehead atoms. The van der Waals surface area contributed by atoms with Crippen molar-refractivity contribution in [2.75, 3.05) is 0 Å². The van der Waals surface area contributed by atoms with Crippen molar-refractivity contribution >= 4 is 22.2 Å². The van der Waals surface area contributed by atoms with Gasteiger partial charge in [-0.25, -0.2) is 9.97 Å². The molecule has 0 aliphatic rings. The van der Waals surface area contributed by atoms with Crippen LogP contribution in [0.3, 0.4) is 0 Å². The maximum absolute atomic E-state index is 14.2. The Bertz CT molecular complexity index is 2060. The molecule has 0 N–H and O–H groups in total. The second-order valence-electron chi connectivity index (χ2n) is 10.7. The zero-order valence-electron chi connectivity index (χ0n) is 24.2. The largest absolute Gasteiger partial charge is 0.440 e. The topological polar surface area (TPSA) is 52.1 Å². The highest BCUT2D eigenvalue weighted by molar-refractivity contribution is 6.18. The Morgan fingerprint density at radius 1 is 0.435 bits per heavy atom. The molecule has 10 heteroatoms. The van der Waals surface area contributed by atoms with Gasteiger partial charge in [0.25, 0.3) is 0 Å². The molecule has 46 heavy (non-hydrogen) atoms. The molecule has 7 aromatic rings. The first-order chi connectivity index (χ1) is 21.9. The van der Waals surface area contributed by atoms with Crippen molar-refractivity contribution in [3.05, 3.63) is 120 Å². The van der Waals surface area contributed by atoms with Crippen LogP contribution in [0.2, 0.25) is 0 Å². The normalized spacial score (nSPS) is 12.3. The van der Waals surface area contributed by atoms with Crippen molar-refractivity contribution in [2.45, 2.75) is 26.2 Å². The highest BCUT2D eigenvalue weighted by Gasteiger charge is 2.36. The van der Waals surface area contributed by atoms with Crippen LogP contribution in [0.1, 0.15) is 22.9 Å². The van der Waals surface area contributed by atoms with E-state index in [2.05, 4.69) is 9.97 Å². The van der Waals surface area contributed by atoms with Crippen LogP contribution in [0.5, 0.6) is 0 Å². The van der Waals surface area contributed by atoms with Crippen LogP contribution in [0.4, 0.5) is 26.3 Å². The molecule has 4 nitrogen and oxygen atoms in total. The molecule has 0 saturated carbocycles. The maximum atomic E-state index is 14.2. The van der Waals surface area contributed by atoms with Crippen LogP contribution < -0.4 is 0 Å². The van der Waals surface area contributed by atoms with Crippen LogP contribution in [-0.2, 0) is 12.4 Å². The molecule has 0 unspecified atom stereocenters. The molecule has 0 fully saturated rings. The summed E-state index contributed by atoms with van der Waals surface area (Å²) in [6.45, 7) is 3.23. The Morgan fingerprint density at radius 2 is 0.739 bits per heavy atom. The fourth-order valence-corrected chi connectivity index (χ4v) is 6.05. The lowest BCUT2D eigenvalue weighted by atomic mass is 9.87. The second-order valence-corrected chi connectivity index (χ2v) is 10.7. The molecule has 0 atom stereocenters. The average Bonchev–Trinajstić information content (AvgIpc) is 3.60. The van der Waals surface area contributed by atoms with E-state index < -0.39 is 23.5 Å². The Kier molecular flexibility index (Phi) is 6.77. The number of aromatic nitrogens is 2. The summed E-state index contributed by atoms with van der Waals surface area (Å²) in [5.41, 5.74) is 1.30. The molecule has 0 aliphatic carbocycles. The predicted molar refractivity (Wildman–Crippen MR) is 163 cm³/mol. The van der Waals surface area contributed by atoms with Crippen LogP contribution in [0, 0.1) is 13.8 Å². The lowest BCUT2D eigenvalue weighted by Gasteiger charge is -2.18. The van der Waals surface area contributed by atoms with Gasteiger partial charge in [-0.1, -0.05) is 84.9 Å². The Labute approximate surface area is 258 Å². The second kappa shape index (κ2) is 10.6. The minimum atomic E-state index is -4.62. The number of hydrogen-bond acceptors (Lipinski definition) is 4. The molecular formula is C36H22F6N2O2. The van der Waals surface area contributed by atoms with Crippen LogP contribution in [-0.4, -0.2) is 9.97 Å². The molecule has 2 aromatic heterocycles. The first kappa shape index (κ1) is 29.3. The molecule has 0 aliphatic heterocycles. The van der Waals surface area contributed by atoms with Gasteiger partial charge in [0.1, 0.15) is 11.0 Å². The van der Waals surface area contributed by atoms with E-state index in [1.807, 2.05) is 0 Å². The number of fused-ring (bicyclic) bond motifs is 2. The number of nitrogens with zero attached hydrogens (tertiary/aromatic N) is 2. The average molecular weight is 629 g/mol. The van der Waals surface area contributed by atoms with Crippen molar-refractivity contribution < 1.29 is 35.2 Å². The quantitative estimate of drug-likeness (QED) is 0.182. The van der Waals surface area contributed by atoms with Gasteiger partial charge >= 0.3 is 12.4 Å². The number of halogens is 6. The van der Waals surface area contributed by atoms with Gasteiger partial charge in [0.15, 0.2) is 22.9 Å². The van der Waals surface area contributed by atoms with Gasteiger partial charge < -0.3 is 8.83 Å². The lowest BCUT2D eigenvalue weighted by molar-refractivity contribution is -0.137. The van der Waals surface area contributed by atoms with Gasteiger partial charge in [-0.05, 0) is 45.5 Å². The summed E-state index contributed by atoms with van der Waals surface area (Å²) in [6, 6.07) is 23.8. The molecule has 0 spiro atoms. The third-order valence-corrected chi connectivity index (χ3v) is 7.83. The van der Waals surface area contributed by atoms with Gasteiger partial charge in [0, 0.05) is 13.8 Å². The summed E-state index contributed by atoms with van der Waals surface area (Å²) in [5, 5.41) is 0. The number of rotatable bonds is 4. The summed E-state index contributed by atoms with van der Waals surface area (Å²) in [4.78, 5) is 9.29. The van der Waals surface area contributed by atoms with Gasteiger partial charge in [0.05, 0.1) is 22.3 Å². The number of alkyl halides is 6. The van der Waals surface area contributed by atoms with E-state index >= 15 is 0 Å². The van der Waals surface area contributed by atoms with E-state index in [1.165, 1.54) is 36.4 Å². The van der Waals surface area contributed by atoms with E-state index in [-0.39, 0.29) is 56.2 Å². The highest BCUT2D eigenvalue weighted by atomic mass is 19.4. The van der Waals surface area contributed by atoms with Crippen molar-refractivity contribution in [1.82, 2.24) is 9.97 Å². The fourth-order valence-electron chi connectivity index (χ4n) is 6.05. The maximum Gasteiger partial charge on any atom is 0.417 e. The Balaban J connectivity index is 1.58. The van der Waals surface area contributed by atoms with Crippen LogP contribution in [0.15, 0.2) is 106 Å². The van der Waals surface area contributed by atoms with Crippen LogP contribution in [0.25, 0.3) is 66.7 Å². The zero-order valence-corrected chi connectivity index (χ0v) is 24.2. The Hall–Kier alpha value is -5.38. The smallest absolute Gasteiger partial charge is 0.417 e. The van der Waals surface area contributed by atoms with E-state index in [9.17, 15) is 26.3 Å². The van der Waals surface area contributed by atoms with Crippen molar-refractivity contribution in [3.63, 3.8) is 0 Å². The number of benzene rings is 5. The predicted octanol–water partition coefficient (Wildman–Crippen LogP) is 11.3. The minimum Gasteiger partial charge on any atom is -0.440 e. The molecule has 5 aromatic carbocycles. The summed E-state index contributed by atoms with van der Waals surface area (Å²) in [6.07, 6.45) is -9.25. The fraction of sp³-hybridized carbons (Fsp3) is 0.111. The minimum absolute atomic E-state index is 0.0402. The van der Waals surface area contributed by atoms with Crippen LogP contribution >= 0.6 is 0 Å². The summed E-state index contributed by atoms with van der Waals surface area (Å²) >= 11 is 0. The molecule has 2 heterocycles. The molecular weight excluding hydrogens is 606 g/mol. The monoisotopic (exact) mass is 628 g/mol. The summed E-state index contributed by atoms with van der Waals surface area (Å²) in [5.74, 6) is 0.478. The molecule has 0 saturated heterocycles. The number of hydrogen-bond donors (Lipinski definition) is 0. The van der Waals surface area contributed by atoms with Gasteiger partial charge in [-0.15, -0.1) is 0 Å². The lowest BCUT2D eigenvalue weighted by Crippen LogP contribution is -2.07. The van der Waals surface area contributed by atoms with Gasteiger partial charge in [-0.2, -0.15) is 26.3 Å². The molecule has 0 amide bonds. The third-order valence-electron chi connectivity index (χ3n) is 7.83. The zero-order chi connectivity index (χ0) is 32.4. The summed E-state index contributed by atoms with van der Waals surface area (Å²) < 4.78 is 97.4. The Morgan fingerprint density at radius 3 is 1.09 bits per heavy atom. The first-order valence-electron chi connectivity index (χ1n) is 14.2. The van der Waals surface area contributed by atoms with Crippen molar-refractivity contribution in [2.24, 2.45) is 0 Å². The standard InChI is InChI=1S/C36H22F6N2O2/c1-19-43-31-29(25-15-5-3-11-21(25)23-13-7-9-17-27(23)35(37,38)39)34-32(44-20(2)46-34)30(33(31)45-19)26-16-6-4-12-22(26)24-14-8-10-18-28(24)36(40,41)42/h3-18H,1-2H3. The number of oxazole rings is 2. The van der Waals surface area contributed by atoms with Crippen molar-refractivity contribution in [3.8, 4) is 44.5 Å². The van der Waals surface area contributed by atoms with Gasteiger partial charge in [-0.3, -0.25) is 0 Å². The number of aryl methyl sites for hydroxylation is 2. The molecule has 230 valence electrons. The van der Waals surface area contributed by atoms with E-state index in [0.29, 0.717) is 22.3 Å². The van der Waals surface area contributed by atoms with E-state index in [4.69, 9.17) is 8.83 Å². The molecule has 7 rings (SSSR count). The van der Waals surface area contributed by atoms with E-state index in [0.717, 1.165) is 12.1 Å². The van der Waals surface area contributed by atoms with Gasteiger partial charge in [0.2, 0.25) is 0 Å². The third kappa shape index (κ3) is 4.81. The molecule has 0 radical (unpaired) electrons. The van der Waals surface area contributed by atoms with E-state index in [1.54, 1.807) is 62.4 Å². The summed E-state index contributed by atoms with van der Waals surface area (Å²) in [7, 11) is 0. The highest BCUT2D eigenvalue weighted by Crippen LogP contribution is 2.50. The first-order valence-corrected chi connectivity index (χ1v) is 14.2. The SMILES string of the molecule is Cc1nc2c(-c3ccccc3-c3ccccc3C(F)(F)F)c3oc(C)nc3c(-c3ccccc3-c3ccccc3C(F)(F)F)c2o1. The van der Waals surface area contributed by atoms with Crippen molar-refractivity contribution in [1.29, 1.82) is 0 Å².